The van der Waals surface area contributed by atoms with Crippen molar-refractivity contribution in [3.8, 4) is 0 Å². The van der Waals surface area contributed by atoms with Gasteiger partial charge in [-0.15, -0.1) is 0 Å². The summed E-state index contributed by atoms with van der Waals surface area (Å²) in [5.74, 6) is 0.0763. The van der Waals surface area contributed by atoms with Crippen LogP contribution in [-0.2, 0) is 21.2 Å². The van der Waals surface area contributed by atoms with Crippen LogP contribution in [0.3, 0.4) is 0 Å². The Morgan fingerprint density at radius 1 is 1.19 bits per heavy atom. The van der Waals surface area contributed by atoms with E-state index < -0.39 is 10.0 Å². The van der Waals surface area contributed by atoms with Gasteiger partial charge in [0.05, 0.1) is 4.90 Å². The minimum Gasteiger partial charge on any atom is -0.309 e. The van der Waals surface area contributed by atoms with E-state index in [1.807, 2.05) is 13.8 Å². The van der Waals surface area contributed by atoms with Crippen molar-refractivity contribution in [3.63, 3.8) is 0 Å². The zero-order valence-electron chi connectivity index (χ0n) is 16.4. The van der Waals surface area contributed by atoms with Gasteiger partial charge in [-0.25, -0.2) is 13.1 Å². The maximum atomic E-state index is 12.7. The normalized spacial score (nSPS) is 21.1. The van der Waals surface area contributed by atoms with Crippen LogP contribution >= 0.6 is 0 Å². The molecular weight excluding hydrogens is 362 g/mol. The summed E-state index contributed by atoms with van der Waals surface area (Å²) in [6.07, 6.45) is 6.08. The molecule has 6 nitrogen and oxygen atoms in total. The van der Waals surface area contributed by atoms with Crippen molar-refractivity contribution in [1.29, 1.82) is 0 Å². The van der Waals surface area contributed by atoms with Gasteiger partial charge in [-0.1, -0.05) is 19.8 Å². The van der Waals surface area contributed by atoms with Crippen LogP contribution in [0.5, 0.6) is 0 Å². The van der Waals surface area contributed by atoms with Gasteiger partial charge in [0.2, 0.25) is 15.9 Å². The minimum atomic E-state index is -3.53. The number of amides is 1. The Balaban J connectivity index is 1.65. The Hall–Kier alpha value is -1.44. The van der Waals surface area contributed by atoms with E-state index >= 15 is 0 Å². The lowest BCUT2D eigenvalue weighted by atomic mass is 10.1. The molecule has 27 heavy (non-hydrogen) atoms. The fourth-order valence-corrected chi connectivity index (χ4v) is 5.18. The first-order valence-electron chi connectivity index (χ1n) is 10.1. The molecule has 2 aliphatic heterocycles. The molecule has 0 saturated carbocycles. The highest BCUT2D eigenvalue weighted by Crippen LogP contribution is 2.34. The molecular formula is C20H31N3O3S. The molecule has 1 amide bonds. The Labute approximate surface area is 163 Å². The smallest absolute Gasteiger partial charge is 0.240 e. The number of carbonyl (C=O) groups is 1. The van der Waals surface area contributed by atoms with Gasteiger partial charge < -0.3 is 9.80 Å². The number of hydrogen-bond donors (Lipinski definition) is 1. The second-order valence-electron chi connectivity index (χ2n) is 7.61. The van der Waals surface area contributed by atoms with E-state index in [9.17, 15) is 13.2 Å². The number of hydrogen-bond acceptors (Lipinski definition) is 4. The molecule has 0 unspecified atom stereocenters. The molecule has 150 valence electrons. The number of nitrogens with one attached hydrogen (secondary N) is 1. The minimum absolute atomic E-state index is 0.0707. The van der Waals surface area contributed by atoms with Gasteiger partial charge in [0.15, 0.2) is 0 Å². The first-order valence-corrected chi connectivity index (χ1v) is 11.6. The van der Waals surface area contributed by atoms with E-state index in [2.05, 4.69) is 9.62 Å². The maximum absolute atomic E-state index is 12.7. The Morgan fingerprint density at radius 3 is 2.56 bits per heavy atom. The van der Waals surface area contributed by atoms with Gasteiger partial charge in [-0.05, 0) is 63.0 Å². The van der Waals surface area contributed by atoms with E-state index in [-0.39, 0.29) is 16.8 Å². The third-order valence-corrected chi connectivity index (χ3v) is 7.03. The predicted octanol–water partition coefficient (Wildman–Crippen LogP) is 2.53. The standard InChI is InChI=1S/C20H31N3O3S/c1-3-20(24)23-16(2)14-17-15-18(8-9-19(17)23)27(25,26)21-10-13-22-11-6-4-5-7-12-22/h8-9,15-16,21H,3-7,10-14H2,1-2H3/t16-/m1/s1. The molecule has 2 aliphatic rings. The van der Waals surface area contributed by atoms with Crippen LogP contribution in [0, 0.1) is 0 Å². The topological polar surface area (TPSA) is 69.7 Å². The molecule has 1 N–H and O–H groups in total. The lowest BCUT2D eigenvalue weighted by Gasteiger charge is -2.22. The number of sulfonamides is 1. The SMILES string of the molecule is CCC(=O)N1c2ccc(S(=O)(=O)NCCN3CCCCCC3)cc2C[C@H]1C. The summed E-state index contributed by atoms with van der Waals surface area (Å²) in [5.41, 5.74) is 1.78. The Kier molecular flexibility index (Phi) is 6.55. The van der Waals surface area contributed by atoms with E-state index in [4.69, 9.17) is 0 Å². The van der Waals surface area contributed by atoms with Gasteiger partial charge in [0.1, 0.15) is 0 Å². The van der Waals surface area contributed by atoms with Crippen molar-refractivity contribution in [2.75, 3.05) is 31.1 Å². The van der Waals surface area contributed by atoms with Crippen LogP contribution in [0.1, 0.15) is 51.5 Å². The third kappa shape index (κ3) is 4.70. The molecule has 0 aromatic heterocycles. The second kappa shape index (κ2) is 8.71. The van der Waals surface area contributed by atoms with Gasteiger partial charge in [-0.2, -0.15) is 0 Å². The average Bonchev–Trinajstić information content (AvgIpc) is 2.80. The first kappa shape index (κ1) is 20.3. The van der Waals surface area contributed by atoms with Crippen molar-refractivity contribution in [2.45, 2.75) is 63.3 Å². The molecule has 3 rings (SSSR count). The highest BCUT2D eigenvalue weighted by atomic mass is 32.2. The van der Waals surface area contributed by atoms with Crippen molar-refractivity contribution in [1.82, 2.24) is 9.62 Å². The van der Waals surface area contributed by atoms with Crippen LogP contribution < -0.4 is 9.62 Å². The largest absolute Gasteiger partial charge is 0.309 e. The van der Waals surface area contributed by atoms with Crippen LogP contribution in [-0.4, -0.2) is 51.4 Å². The summed E-state index contributed by atoms with van der Waals surface area (Å²) in [4.78, 5) is 16.6. The van der Waals surface area contributed by atoms with E-state index in [0.29, 0.717) is 19.4 Å². The molecule has 1 aromatic carbocycles. The van der Waals surface area contributed by atoms with Gasteiger partial charge in [-0.3, -0.25) is 4.79 Å². The Morgan fingerprint density at radius 2 is 1.89 bits per heavy atom. The molecule has 0 bridgehead atoms. The van der Waals surface area contributed by atoms with Gasteiger partial charge >= 0.3 is 0 Å². The highest BCUT2D eigenvalue weighted by molar-refractivity contribution is 7.89. The lowest BCUT2D eigenvalue weighted by Crippen LogP contribution is -2.35. The number of benzene rings is 1. The molecule has 0 aliphatic carbocycles. The number of fused-ring (bicyclic) bond motifs is 1. The van der Waals surface area contributed by atoms with Gasteiger partial charge in [0.25, 0.3) is 0 Å². The van der Waals surface area contributed by atoms with E-state index in [1.54, 1.807) is 23.1 Å². The van der Waals surface area contributed by atoms with Gasteiger partial charge in [0, 0.05) is 31.2 Å². The van der Waals surface area contributed by atoms with Crippen LogP contribution in [0.4, 0.5) is 5.69 Å². The number of rotatable bonds is 6. The quantitative estimate of drug-likeness (QED) is 0.806. The maximum Gasteiger partial charge on any atom is 0.240 e. The van der Waals surface area contributed by atoms with Crippen molar-refractivity contribution >= 4 is 21.6 Å². The van der Waals surface area contributed by atoms with E-state index in [0.717, 1.165) is 30.9 Å². The monoisotopic (exact) mass is 393 g/mol. The number of likely N-dealkylation sites (tertiary alicyclic amines) is 1. The average molecular weight is 394 g/mol. The summed E-state index contributed by atoms with van der Waals surface area (Å²) >= 11 is 0. The van der Waals surface area contributed by atoms with Crippen LogP contribution in [0.2, 0.25) is 0 Å². The molecule has 1 saturated heterocycles. The van der Waals surface area contributed by atoms with Crippen LogP contribution in [0.25, 0.3) is 0 Å². The summed E-state index contributed by atoms with van der Waals surface area (Å²) in [6.45, 7) is 7.14. The molecule has 1 atom stereocenters. The summed E-state index contributed by atoms with van der Waals surface area (Å²) in [6, 6.07) is 5.18. The first-order chi connectivity index (χ1) is 12.9. The molecule has 0 radical (unpaired) electrons. The summed E-state index contributed by atoms with van der Waals surface area (Å²) in [7, 11) is -3.53. The van der Waals surface area contributed by atoms with Crippen molar-refractivity contribution < 1.29 is 13.2 Å². The number of carbonyl (C=O) groups excluding carboxylic acids is 1. The molecule has 1 fully saturated rings. The third-order valence-electron chi connectivity index (χ3n) is 5.57. The molecule has 2 heterocycles. The summed E-state index contributed by atoms with van der Waals surface area (Å²) < 4.78 is 28.1. The second-order valence-corrected chi connectivity index (χ2v) is 9.38. The predicted molar refractivity (Wildman–Crippen MR) is 107 cm³/mol. The zero-order valence-corrected chi connectivity index (χ0v) is 17.2. The van der Waals surface area contributed by atoms with Crippen molar-refractivity contribution in [3.05, 3.63) is 23.8 Å². The Bertz CT molecular complexity index is 771. The fourth-order valence-electron chi connectivity index (χ4n) is 4.11. The van der Waals surface area contributed by atoms with E-state index in [1.165, 1.54) is 25.7 Å². The highest BCUT2D eigenvalue weighted by Gasteiger charge is 2.31. The molecule has 1 aromatic rings. The van der Waals surface area contributed by atoms with Crippen LogP contribution in [0.15, 0.2) is 23.1 Å². The summed E-state index contributed by atoms with van der Waals surface area (Å²) in [5, 5.41) is 0. The molecule has 7 heteroatoms. The number of nitrogens with zero attached hydrogens (tertiary/aromatic N) is 2. The zero-order chi connectivity index (χ0) is 19.4. The van der Waals surface area contributed by atoms with Crippen molar-refractivity contribution in [2.24, 2.45) is 0 Å². The lowest BCUT2D eigenvalue weighted by molar-refractivity contribution is -0.118. The number of anilines is 1. The fraction of sp³-hybridized carbons (Fsp3) is 0.650. The molecule has 0 spiro atoms.